The fraction of sp³-hybridized carbons (Fsp3) is 0.417. The van der Waals surface area contributed by atoms with Crippen molar-refractivity contribution >= 4 is 17.6 Å². The molecule has 2 rings (SSSR count). The van der Waals surface area contributed by atoms with Crippen molar-refractivity contribution in [3.05, 3.63) is 28.8 Å². The topological polar surface area (TPSA) is 46.5 Å². The Balaban J connectivity index is 2.15. The number of benzene rings is 1. The zero-order valence-corrected chi connectivity index (χ0v) is 9.70. The Morgan fingerprint density at radius 3 is 2.75 bits per heavy atom. The largest absolute Gasteiger partial charge is 0.478 e. The molecule has 86 valence electrons. The average molecular weight is 241 g/mol. The van der Waals surface area contributed by atoms with Crippen LogP contribution in [-0.4, -0.2) is 17.2 Å². The number of rotatable bonds is 4. The van der Waals surface area contributed by atoms with Crippen LogP contribution in [0.5, 0.6) is 5.75 Å². The molecule has 4 heteroatoms. The normalized spacial score (nSPS) is 16.9. The van der Waals surface area contributed by atoms with Crippen molar-refractivity contribution in [2.45, 2.75) is 25.9 Å². The predicted molar refractivity (Wildman–Crippen MR) is 61.0 cm³/mol. The maximum Gasteiger partial charge on any atom is 0.345 e. The highest BCUT2D eigenvalue weighted by atomic mass is 35.5. The van der Waals surface area contributed by atoms with Gasteiger partial charge >= 0.3 is 5.97 Å². The number of aryl methyl sites for hydroxylation is 1. The summed E-state index contributed by atoms with van der Waals surface area (Å²) in [5.41, 5.74) is 0.861. The highest BCUT2D eigenvalue weighted by Gasteiger charge is 2.38. The van der Waals surface area contributed by atoms with Crippen LogP contribution in [0.1, 0.15) is 18.4 Å². The van der Waals surface area contributed by atoms with E-state index in [0.717, 1.165) is 18.4 Å². The van der Waals surface area contributed by atoms with Crippen LogP contribution in [0, 0.1) is 12.8 Å². The van der Waals surface area contributed by atoms with Crippen LogP contribution in [0.25, 0.3) is 0 Å². The molecule has 0 radical (unpaired) electrons. The third-order valence-electron chi connectivity index (χ3n) is 2.68. The van der Waals surface area contributed by atoms with E-state index in [-0.39, 0.29) is 5.92 Å². The summed E-state index contributed by atoms with van der Waals surface area (Å²) in [5.74, 6) is -0.131. The van der Waals surface area contributed by atoms with Gasteiger partial charge < -0.3 is 9.84 Å². The van der Waals surface area contributed by atoms with Gasteiger partial charge in [0.2, 0.25) is 0 Å². The average Bonchev–Trinajstić information content (AvgIpc) is 2.99. The molecule has 0 saturated heterocycles. The van der Waals surface area contributed by atoms with Crippen molar-refractivity contribution in [1.82, 2.24) is 0 Å². The maximum absolute atomic E-state index is 11.0. The van der Waals surface area contributed by atoms with Gasteiger partial charge in [0.15, 0.2) is 6.10 Å². The lowest BCUT2D eigenvalue weighted by molar-refractivity contribution is -0.146. The lowest BCUT2D eigenvalue weighted by Gasteiger charge is -2.16. The molecule has 1 aromatic carbocycles. The summed E-state index contributed by atoms with van der Waals surface area (Å²) in [6.07, 6.45) is 1.15. The first kappa shape index (κ1) is 11.3. The Morgan fingerprint density at radius 2 is 2.25 bits per heavy atom. The van der Waals surface area contributed by atoms with Gasteiger partial charge in [-0.15, -0.1) is 0 Å². The van der Waals surface area contributed by atoms with Gasteiger partial charge in [-0.3, -0.25) is 0 Å². The molecule has 0 aliphatic heterocycles. The van der Waals surface area contributed by atoms with Crippen molar-refractivity contribution in [2.24, 2.45) is 5.92 Å². The molecule has 1 aliphatic carbocycles. The monoisotopic (exact) mass is 240 g/mol. The summed E-state index contributed by atoms with van der Waals surface area (Å²) in [6, 6.07) is 5.19. The fourth-order valence-electron chi connectivity index (χ4n) is 1.63. The van der Waals surface area contributed by atoms with Crippen LogP contribution in [0.15, 0.2) is 18.2 Å². The zero-order valence-electron chi connectivity index (χ0n) is 8.94. The highest BCUT2D eigenvalue weighted by Crippen LogP contribution is 2.36. The molecule has 0 aromatic heterocycles. The van der Waals surface area contributed by atoms with Gasteiger partial charge in [-0.25, -0.2) is 4.79 Å². The molecule has 1 aromatic rings. The molecule has 1 unspecified atom stereocenters. The van der Waals surface area contributed by atoms with Gasteiger partial charge in [0.05, 0.1) is 0 Å². The maximum atomic E-state index is 11.0. The van der Waals surface area contributed by atoms with E-state index in [4.69, 9.17) is 21.4 Å². The third-order valence-corrected chi connectivity index (χ3v) is 2.92. The summed E-state index contributed by atoms with van der Waals surface area (Å²) in [6.45, 7) is 1.85. The van der Waals surface area contributed by atoms with Gasteiger partial charge in [0, 0.05) is 10.9 Å². The molecule has 0 amide bonds. The van der Waals surface area contributed by atoms with Gasteiger partial charge in [-0.1, -0.05) is 11.6 Å². The smallest absolute Gasteiger partial charge is 0.345 e. The Morgan fingerprint density at radius 1 is 1.56 bits per heavy atom. The van der Waals surface area contributed by atoms with Gasteiger partial charge in [0.25, 0.3) is 0 Å². The number of hydrogen-bond acceptors (Lipinski definition) is 2. The van der Waals surface area contributed by atoms with Crippen LogP contribution in [0.4, 0.5) is 0 Å². The molecule has 16 heavy (non-hydrogen) atoms. The Kier molecular flexibility index (Phi) is 3.06. The van der Waals surface area contributed by atoms with Crippen LogP contribution in [0.2, 0.25) is 5.02 Å². The minimum Gasteiger partial charge on any atom is -0.478 e. The molecule has 1 N–H and O–H groups in total. The summed E-state index contributed by atoms with van der Waals surface area (Å²) in [7, 11) is 0. The minimum absolute atomic E-state index is 0.160. The first-order chi connectivity index (χ1) is 7.58. The van der Waals surface area contributed by atoms with Crippen molar-refractivity contribution in [3.8, 4) is 5.75 Å². The van der Waals surface area contributed by atoms with Gasteiger partial charge in [-0.2, -0.15) is 0 Å². The predicted octanol–water partition coefficient (Wildman–Crippen LogP) is 2.89. The van der Waals surface area contributed by atoms with Gasteiger partial charge in [0.1, 0.15) is 5.75 Å². The van der Waals surface area contributed by atoms with Crippen LogP contribution in [0.3, 0.4) is 0 Å². The summed E-state index contributed by atoms with van der Waals surface area (Å²) in [4.78, 5) is 11.0. The van der Waals surface area contributed by atoms with Crippen LogP contribution in [-0.2, 0) is 4.79 Å². The first-order valence-electron chi connectivity index (χ1n) is 5.23. The molecule has 0 spiro atoms. The molecule has 0 heterocycles. The Bertz CT molecular complexity index is 413. The second-order valence-electron chi connectivity index (χ2n) is 4.12. The number of ether oxygens (including phenoxy) is 1. The molecular weight excluding hydrogens is 228 g/mol. The minimum atomic E-state index is -0.892. The van der Waals surface area contributed by atoms with E-state index in [9.17, 15) is 4.79 Å². The zero-order chi connectivity index (χ0) is 11.7. The van der Waals surface area contributed by atoms with Crippen molar-refractivity contribution in [1.29, 1.82) is 0 Å². The summed E-state index contributed by atoms with van der Waals surface area (Å²) < 4.78 is 5.53. The quantitative estimate of drug-likeness (QED) is 0.880. The van der Waals surface area contributed by atoms with Crippen LogP contribution >= 0.6 is 11.6 Å². The first-order valence-corrected chi connectivity index (χ1v) is 5.61. The number of carboxylic acid groups (broad SMARTS) is 1. The number of halogens is 1. The molecule has 3 nitrogen and oxygen atoms in total. The Labute approximate surface area is 99.0 Å². The lowest BCUT2D eigenvalue weighted by atomic mass is 10.2. The summed E-state index contributed by atoms with van der Waals surface area (Å²) >= 11 is 5.82. The third kappa shape index (κ3) is 2.47. The van der Waals surface area contributed by atoms with E-state index >= 15 is 0 Å². The number of carboxylic acids is 1. The molecule has 1 saturated carbocycles. The molecule has 1 fully saturated rings. The van der Waals surface area contributed by atoms with E-state index < -0.39 is 12.1 Å². The van der Waals surface area contributed by atoms with Crippen molar-refractivity contribution in [2.75, 3.05) is 0 Å². The van der Waals surface area contributed by atoms with Gasteiger partial charge in [-0.05, 0) is 43.5 Å². The highest BCUT2D eigenvalue weighted by molar-refractivity contribution is 6.30. The lowest BCUT2D eigenvalue weighted by Crippen LogP contribution is -2.29. The molecule has 0 bridgehead atoms. The molecule has 1 atom stereocenters. The number of hydrogen-bond donors (Lipinski definition) is 1. The van der Waals surface area contributed by atoms with Crippen molar-refractivity contribution in [3.63, 3.8) is 0 Å². The number of aliphatic carboxylic acids is 1. The molecular formula is C12H13ClO3. The second kappa shape index (κ2) is 4.34. The van der Waals surface area contributed by atoms with E-state index in [1.165, 1.54) is 0 Å². The van der Waals surface area contributed by atoms with E-state index in [1.807, 2.05) is 6.92 Å². The molecule has 1 aliphatic rings. The van der Waals surface area contributed by atoms with Crippen molar-refractivity contribution < 1.29 is 14.6 Å². The van der Waals surface area contributed by atoms with E-state index in [0.29, 0.717) is 10.8 Å². The SMILES string of the molecule is Cc1cc(Cl)ccc1OC(C(=O)O)C1CC1. The standard InChI is InChI=1S/C12H13ClO3/c1-7-6-9(13)4-5-10(7)16-11(12(14)15)8-2-3-8/h4-6,8,11H,2-3H2,1H3,(H,14,15). The number of carbonyl (C=O) groups is 1. The van der Waals surface area contributed by atoms with E-state index in [1.54, 1.807) is 18.2 Å². The van der Waals surface area contributed by atoms with E-state index in [2.05, 4.69) is 0 Å². The fourth-order valence-corrected chi connectivity index (χ4v) is 1.86. The van der Waals surface area contributed by atoms with Crippen LogP contribution < -0.4 is 4.74 Å². The second-order valence-corrected chi connectivity index (χ2v) is 4.56. The summed E-state index contributed by atoms with van der Waals surface area (Å²) in [5, 5.41) is 9.67. The Hall–Kier alpha value is -1.22.